The largest absolute Gasteiger partial charge is 0.342 e. The van der Waals surface area contributed by atoms with Crippen LogP contribution in [0.25, 0.3) is 0 Å². The first-order valence-corrected chi connectivity index (χ1v) is 9.88. The summed E-state index contributed by atoms with van der Waals surface area (Å²) in [5, 5.41) is 3.14. The fraction of sp³-hybridized carbons (Fsp3) is 0.933. The molecule has 2 aliphatic rings. The molecule has 0 aromatic heterocycles. The molecule has 0 radical (unpaired) electrons. The predicted octanol–water partition coefficient (Wildman–Crippen LogP) is 0.362. The smallest absolute Gasteiger partial charge is 0.226 e. The average Bonchev–Trinajstić information content (AvgIpc) is 2.46. The first kappa shape index (κ1) is 17.7. The Morgan fingerprint density at radius 1 is 1.18 bits per heavy atom. The van der Waals surface area contributed by atoms with Crippen molar-refractivity contribution in [1.82, 2.24) is 14.5 Å². The van der Waals surface area contributed by atoms with Crippen LogP contribution in [0.5, 0.6) is 0 Å². The molecule has 2 heterocycles. The zero-order chi connectivity index (χ0) is 16.3. The molecule has 2 saturated heterocycles. The summed E-state index contributed by atoms with van der Waals surface area (Å²) < 4.78 is 26.4. The number of piperazine rings is 1. The fourth-order valence-electron chi connectivity index (χ4n) is 3.57. The summed E-state index contributed by atoms with van der Waals surface area (Å²) in [6.45, 7) is 9.91. The predicted molar refractivity (Wildman–Crippen MR) is 86.9 cm³/mol. The maximum Gasteiger partial charge on any atom is 0.226 e. The van der Waals surface area contributed by atoms with E-state index in [0.717, 1.165) is 19.5 Å². The van der Waals surface area contributed by atoms with Gasteiger partial charge in [-0.15, -0.1) is 0 Å². The molecule has 1 N–H and O–H groups in total. The SMILES string of the molecule is CC(CS(=O)(=O)N1CCNCC1)C(=O)N1C[C@H](C)C[C@H](C)C1. The van der Waals surface area contributed by atoms with Gasteiger partial charge in [0.05, 0.1) is 11.7 Å². The van der Waals surface area contributed by atoms with Gasteiger partial charge in [-0.2, -0.15) is 4.31 Å². The summed E-state index contributed by atoms with van der Waals surface area (Å²) in [7, 11) is -3.35. The van der Waals surface area contributed by atoms with E-state index in [-0.39, 0.29) is 11.7 Å². The maximum atomic E-state index is 12.6. The minimum Gasteiger partial charge on any atom is -0.342 e. The van der Waals surface area contributed by atoms with Crippen LogP contribution in [0.15, 0.2) is 0 Å². The second-order valence-corrected chi connectivity index (χ2v) is 9.03. The van der Waals surface area contributed by atoms with Gasteiger partial charge in [-0.25, -0.2) is 8.42 Å². The normalized spacial score (nSPS) is 29.3. The highest BCUT2D eigenvalue weighted by Gasteiger charge is 2.32. The van der Waals surface area contributed by atoms with Gasteiger partial charge in [0.25, 0.3) is 0 Å². The lowest BCUT2D eigenvalue weighted by molar-refractivity contribution is -0.137. The van der Waals surface area contributed by atoms with Crippen LogP contribution in [0.1, 0.15) is 27.2 Å². The number of hydrogen-bond acceptors (Lipinski definition) is 4. The molecular weight excluding hydrogens is 302 g/mol. The number of rotatable bonds is 4. The van der Waals surface area contributed by atoms with Gasteiger partial charge in [0.15, 0.2) is 0 Å². The van der Waals surface area contributed by atoms with Crippen molar-refractivity contribution in [2.75, 3.05) is 45.0 Å². The molecule has 128 valence electrons. The summed E-state index contributed by atoms with van der Waals surface area (Å²) in [6.07, 6.45) is 1.14. The van der Waals surface area contributed by atoms with E-state index < -0.39 is 15.9 Å². The van der Waals surface area contributed by atoms with Gasteiger partial charge in [0.2, 0.25) is 15.9 Å². The van der Waals surface area contributed by atoms with Crippen LogP contribution in [0, 0.1) is 17.8 Å². The van der Waals surface area contributed by atoms with E-state index in [4.69, 9.17) is 0 Å². The summed E-state index contributed by atoms with van der Waals surface area (Å²) in [5.74, 6) is 0.411. The summed E-state index contributed by atoms with van der Waals surface area (Å²) in [6, 6.07) is 0. The Hall–Kier alpha value is -0.660. The highest BCUT2D eigenvalue weighted by molar-refractivity contribution is 7.89. The second kappa shape index (κ2) is 7.27. The Morgan fingerprint density at radius 2 is 1.73 bits per heavy atom. The summed E-state index contributed by atoms with van der Waals surface area (Å²) >= 11 is 0. The number of likely N-dealkylation sites (tertiary alicyclic amines) is 1. The van der Waals surface area contributed by atoms with Crippen LogP contribution >= 0.6 is 0 Å². The van der Waals surface area contributed by atoms with Crippen molar-refractivity contribution in [1.29, 1.82) is 0 Å². The zero-order valence-electron chi connectivity index (χ0n) is 13.9. The third kappa shape index (κ3) is 4.43. The fourth-order valence-corrected chi connectivity index (χ4v) is 5.29. The minimum absolute atomic E-state index is 0.0166. The number of carbonyl (C=O) groups is 1. The summed E-state index contributed by atoms with van der Waals surface area (Å²) in [5.41, 5.74) is 0. The van der Waals surface area contributed by atoms with E-state index in [2.05, 4.69) is 19.2 Å². The number of nitrogens with zero attached hydrogens (tertiary/aromatic N) is 2. The van der Waals surface area contributed by atoms with Crippen molar-refractivity contribution in [2.24, 2.45) is 17.8 Å². The van der Waals surface area contributed by atoms with E-state index in [1.807, 2.05) is 4.90 Å². The standard InChI is InChI=1S/C15H29N3O3S/c1-12-8-13(2)10-17(9-12)15(19)14(3)11-22(20,21)18-6-4-16-5-7-18/h12-14,16H,4-11H2,1-3H3/t12-,13+,14?. The van der Waals surface area contributed by atoms with Gasteiger partial charge in [0.1, 0.15) is 0 Å². The molecule has 0 aliphatic carbocycles. The lowest BCUT2D eigenvalue weighted by Crippen LogP contribution is -2.50. The van der Waals surface area contributed by atoms with E-state index >= 15 is 0 Å². The highest BCUT2D eigenvalue weighted by atomic mass is 32.2. The van der Waals surface area contributed by atoms with Crippen molar-refractivity contribution < 1.29 is 13.2 Å². The van der Waals surface area contributed by atoms with E-state index in [9.17, 15) is 13.2 Å². The van der Waals surface area contributed by atoms with Crippen molar-refractivity contribution in [3.63, 3.8) is 0 Å². The lowest BCUT2D eigenvalue weighted by Gasteiger charge is -2.36. The number of hydrogen-bond donors (Lipinski definition) is 1. The molecule has 2 rings (SSSR count). The molecular formula is C15H29N3O3S. The monoisotopic (exact) mass is 331 g/mol. The van der Waals surface area contributed by atoms with Gasteiger partial charge < -0.3 is 10.2 Å². The molecule has 3 atom stereocenters. The van der Waals surface area contributed by atoms with E-state index in [0.29, 0.717) is 38.0 Å². The third-order valence-electron chi connectivity index (χ3n) is 4.53. The Kier molecular flexibility index (Phi) is 5.85. The van der Waals surface area contributed by atoms with Gasteiger partial charge in [-0.3, -0.25) is 4.79 Å². The molecule has 7 heteroatoms. The molecule has 0 saturated carbocycles. The van der Waals surface area contributed by atoms with Crippen molar-refractivity contribution in [3.05, 3.63) is 0 Å². The van der Waals surface area contributed by atoms with Gasteiger partial charge >= 0.3 is 0 Å². The van der Waals surface area contributed by atoms with Crippen LogP contribution < -0.4 is 5.32 Å². The molecule has 0 aromatic rings. The number of sulfonamides is 1. The molecule has 0 aromatic carbocycles. The van der Waals surface area contributed by atoms with Crippen LogP contribution in [0.3, 0.4) is 0 Å². The molecule has 0 bridgehead atoms. The van der Waals surface area contributed by atoms with Crippen LogP contribution in [-0.2, 0) is 14.8 Å². The average molecular weight is 331 g/mol. The Bertz CT molecular complexity index is 478. The molecule has 6 nitrogen and oxygen atoms in total. The van der Waals surface area contributed by atoms with Crippen molar-refractivity contribution in [2.45, 2.75) is 27.2 Å². The minimum atomic E-state index is -3.35. The Morgan fingerprint density at radius 3 is 2.27 bits per heavy atom. The first-order chi connectivity index (χ1) is 10.3. The molecule has 22 heavy (non-hydrogen) atoms. The lowest BCUT2D eigenvalue weighted by atomic mass is 9.91. The van der Waals surface area contributed by atoms with Crippen LogP contribution in [-0.4, -0.2) is 68.6 Å². The topological polar surface area (TPSA) is 69.7 Å². The Labute approximate surface area is 134 Å². The van der Waals surface area contributed by atoms with Gasteiger partial charge in [-0.1, -0.05) is 20.8 Å². The molecule has 1 amide bonds. The zero-order valence-corrected chi connectivity index (χ0v) is 14.7. The number of piperidine rings is 1. The quantitative estimate of drug-likeness (QED) is 0.808. The molecule has 2 aliphatic heterocycles. The van der Waals surface area contributed by atoms with Crippen LogP contribution in [0.4, 0.5) is 0 Å². The molecule has 2 fully saturated rings. The van der Waals surface area contributed by atoms with E-state index in [1.54, 1.807) is 6.92 Å². The van der Waals surface area contributed by atoms with E-state index in [1.165, 1.54) is 4.31 Å². The first-order valence-electron chi connectivity index (χ1n) is 8.27. The van der Waals surface area contributed by atoms with Crippen molar-refractivity contribution in [3.8, 4) is 0 Å². The van der Waals surface area contributed by atoms with Gasteiger partial charge in [0, 0.05) is 39.3 Å². The number of carbonyl (C=O) groups excluding carboxylic acids is 1. The molecule has 1 unspecified atom stereocenters. The summed E-state index contributed by atoms with van der Waals surface area (Å²) in [4.78, 5) is 14.4. The molecule has 0 spiro atoms. The Balaban J connectivity index is 1.95. The second-order valence-electron chi connectivity index (χ2n) is 7.02. The highest BCUT2D eigenvalue weighted by Crippen LogP contribution is 2.23. The number of amides is 1. The van der Waals surface area contributed by atoms with Crippen LogP contribution in [0.2, 0.25) is 0 Å². The maximum absolute atomic E-state index is 12.6. The third-order valence-corrected chi connectivity index (χ3v) is 6.61. The van der Waals surface area contributed by atoms with Gasteiger partial charge in [-0.05, 0) is 18.3 Å². The number of nitrogens with one attached hydrogen (secondary N) is 1. The van der Waals surface area contributed by atoms with Crippen molar-refractivity contribution >= 4 is 15.9 Å².